The van der Waals surface area contributed by atoms with Crippen LogP contribution >= 0.6 is 12.2 Å². The number of hydrogen-bond donors (Lipinski definition) is 2. The topological polar surface area (TPSA) is 84.3 Å². The van der Waals surface area contributed by atoms with Gasteiger partial charge in [-0.2, -0.15) is 0 Å². The van der Waals surface area contributed by atoms with Gasteiger partial charge in [-0.3, -0.25) is 20.2 Å². The average molecular weight is 402 g/mol. The van der Waals surface area contributed by atoms with Crippen molar-refractivity contribution >= 4 is 28.9 Å². The van der Waals surface area contributed by atoms with E-state index < -0.39 is 4.92 Å². The Morgan fingerprint density at radius 1 is 1.21 bits per heavy atom. The van der Waals surface area contributed by atoms with Gasteiger partial charge < -0.3 is 5.32 Å². The van der Waals surface area contributed by atoms with Crippen molar-refractivity contribution in [2.45, 2.75) is 58.4 Å². The van der Waals surface area contributed by atoms with Crippen molar-refractivity contribution in [2.24, 2.45) is 23.2 Å². The Morgan fingerprint density at radius 3 is 2.29 bits per heavy atom. The third-order valence-corrected chi connectivity index (χ3v) is 7.45. The van der Waals surface area contributed by atoms with Crippen molar-refractivity contribution in [3.05, 3.63) is 39.4 Å². The second kappa shape index (κ2) is 7.10. The van der Waals surface area contributed by atoms with Crippen LogP contribution in [0.5, 0.6) is 0 Å². The number of nitro benzene ring substituents is 1. The molecule has 0 aliphatic heterocycles. The summed E-state index contributed by atoms with van der Waals surface area (Å²) in [4.78, 5) is 23.0. The van der Waals surface area contributed by atoms with Gasteiger partial charge in [-0.25, -0.2) is 0 Å². The smallest absolute Gasteiger partial charge is 0.272 e. The first kappa shape index (κ1) is 19.3. The number of carbonyl (C=O) groups excluding carboxylic acids is 1. The number of nitrogens with zero attached hydrogens (tertiary/aromatic N) is 1. The Bertz CT molecular complexity index is 803. The molecule has 28 heavy (non-hydrogen) atoms. The summed E-state index contributed by atoms with van der Waals surface area (Å²) in [5, 5.41) is 17.4. The number of benzene rings is 1. The summed E-state index contributed by atoms with van der Waals surface area (Å²) in [6.45, 7) is 3.82. The lowest BCUT2D eigenvalue weighted by Gasteiger charge is -2.59. The van der Waals surface area contributed by atoms with Gasteiger partial charge in [0.05, 0.1) is 4.92 Å². The van der Waals surface area contributed by atoms with Gasteiger partial charge in [0.1, 0.15) is 0 Å². The second-order valence-electron chi connectivity index (χ2n) is 9.19. The van der Waals surface area contributed by atoms with Gasteiger partial charge >= 0.3 is 0 Å². The summed E-state index contributed by atoms with van der Waals surface area (Å²) in [5.41, 5.74) is 1.13. The quantitative estimate of drug-likeness (QED) is 0.451. The van der Waals surface area contributed by atoms with Crippen LogP contribution in [-0.2, 0) is 0 Å². The highest BCUT2D eigenvalue weighted by molar-refractivity contribution is 7.80. The monoisotopic (exact) mass is 401 g/mol. The van der Waals surface area contributed by atoms with E-state index in [1.807, 2.05) is 0 Å². The largest absolute Gasteiger partial charge is 0.359 e. The molecule has 4 bridgehead atoms. The highest BCUT2D eigenvalue weighted by Crippen LogP contribution is 2.61. The summed E-state index contributed by atoms with van der Waals surface area (Å²) in [6.07, 6.45) is 7.99. The van der Waals surface area contributed by atoms with Crippen LogP contribution < -0.4 is 10.6 Å². The number of amides is 1. The Hall–Kier alpha value is -2.02. The van der Waals surface area contributed by atoms with Crippen molar-refractivity contribution < 1.29 is 9.72 Å². The number of aryl methyl sites for hydroxylation is 1. The van der Waals surface area contributed by atoms with E-state index >= 15 is 0 Å². The zero-order chi connectivity index (χ0) is 20.1. The normalized spacial score (nSPS) is 31.3. The number of thiocarbonyl (C=S) groups is 1. The third kappa shape index (κ3) is 3.52. The minimum absolute atomic E-state index is 0.00712. The summed E-state index contributed by atoms with van der Waals surface area (Å²) in [6, 6.07) is 4.58. The van der Waals surface area contributed by atoms with Gasteiger partial charge in [-0.05, 0) is 99.9 Å². The molecule has 1 unspecified atom stereocenters. The van der Waals surface area contributed by atoms with Crippen molar-refractivity contribution in [2.75, 3.05) is 0 Å². The number of rotatable bonds is 4. The van der Waals surface area contributed by atoms with Gasteiger partial charge in [0.15, 0.2) is 5.11 Å². The molecule has 1 aromatic rings. The lowest BCUT2D eigenvalue weighted by molar-refractivity contribution is -0.385. The highest BCUT2D eigenvalue weighted by atomic mass is 32.1. The van der Waals surface area contributed by atoms with Crippen molar-refractivity contribution in [3.63, 3.8) is 0 Å². The fourth-order valence-corrected chi connectivity index (χ4v) is 6.54. The summed E-state index contributed by atoms with van der Waals surface area (Å²) >= 11 is 5.41. The predicted molar refractivity (Wildman–Crippen MR) is 111 cm³/mol. The fourth-order valence-electron chi connectivity index (χ4n) is 6.27. The molecule has 0 spiro atoms. The van der Waals surface area contributed by atoms with E-state index in [1.165, 1.54) is 56.7 Å². The Kier molecular flexibility index (Phi) is 4.89. The molecule has 4 aliphatic rings. The Morgan fingerprint density at radius 2 is 1.79 bits per heavy atom. The van der Waals surface area contributed by atoms with Crippen LogP contribution in [0.3, 0.4) is 0 Å². The zero-order valence-electron chi connectivity index (χ0n) is 16.4. The minimum atomic E-state index is -0.448. The minimum Gasteiger partial charge on any atom is -0.359 e. The number of carbonyl (C=O) groups is 1. The maximum atomic E-state index is 12.5. The summed E-state index contributed by atoms with van der Waals surface area (Å²) in [7, 11) is 0. The standard InChI is InChI=1S/C21H27N3O3S/c1-12-5-17(3-4-18(12)24(26)27)19(25)23-20(28)22-13(2)21-9-14-6-15(10-21)8-16(7-14)11-21/h3-5,13-16H,6-11H2,1-2H3,(H2,22,23,25,28). The molecule has 6 nitrogen and oxygen atoms in total. The van der Waals surface area contributed by atoms with Crippen LogP contribution in [0.15, 0.2) is 18.2 Å². The first-order chi connectivity index (χ1) is 13.3. The molecule has 4 fully saturated rings. The van der Waals surface area contributed by atoms with Crippen LogP contribution in [0.2, 0.25) is 0 Å². The fraction of sp³-hybridized carbons (Fsp3) is 0.619. The molecule has 4 aliphatic carbocycles. The second-order valence-corrected chi connectivity index (χ2v) is 9.60. The van der Waals surface area contributed by atoms with E-state index in [4.69, 9.17) is 12.2 Å². The maximum Gasteiger partial charge on any atom is 0.272 e. The molecule has 2 N–H and O–H groups in total. The van der Waals surface area contributed by atoms with E-state index in [0.29, 0.717) is 21.7 Å². The number of nitrogens with one attached hydrogen (secondary N) is 2. The summed E-state index contributed by atoms with van der Waals surface area (Å²) < 4.78 is 0. The Labute approximate surface area is 170 Å². The van der Waals surface area contributed by atoms with Gasteiger partial charge in [-0.15, -0.1) is 0 Å². The lowest BCUT2D eigenvalue weighted by atomic mass is 9.48. The van der Waals surface area contributed by atoms with Gasteiger partial charge in [0.25, 0.3) is 11.6 Å². The molecule has 1 amide bonds. The van der Waals surface area contributed by atoms with Gasteiger partial charge in [0, 0.05) is 23.2 Å². The van der Waals surface area contributed by atoms with Crippen LogP contribution in [0.1, 0.15) is 61.4 Å². The zero-order valence-corrected chi connectivity index (χ0v) is 17.2. The van der Waals surface area contributed by atoms with Gasteiger partial charge in [0.2, 0.25) is 0 Å². The molecule has 0 aromatic heterocycles. The maximum absolute atomic E-state index is 12.5. The highest BCUT2D eigenvalue weighted by Gasteiger charge is 2.53. The molecule has 150 valence electrons. The van der Waals surface area contributed by atoms with Crippen molar-refractivity contribution in [1.29, 1.82) is 0 Å². The molecular formula is C21H27N3O3S. The molecule has 4 saturated carbocycles. The first-order valence-corrected chi connectivity index (χ1v) is 10.5. The molecule has 0 heterocycles. The number of hydrogen-bond acceptors (Lipinski definition) is 4. The molecule has 5 rings (SSSR count). The summed E-state index contributed by atoms with van der Waals surface area (Å²) in [5.74, 6) is 2.25. The Balaban J connectivity index is 1.38. The van der Waals surface area contributed by atoms with Crippen LogP contribution in [0.4, 0.5) is 5.69 Å². The van der Waals surface area contributed by atoms with E-state index in [0.717, 1.165) is 17.8 Å². The first-order valence-electron chi connectivity index (χ1n) is 10.1. The molecule has 0 radical (unpaired) electrons. The average Bonchev–Trinajstić information content (AvgIpc) is 2.59. The lowest BCUT2D eigenvalue weighted by Crippen LogP contribution is -2.57. The molecule has 0 saturated heterocycles. The molecular weight excluding hydrogens is 374 g/mol. The van der Waals surface area contributed by atoms with E-state index in [1.54, 1.807) is 6.92 Å². The predicted octanol–water partition coefficient (Wildman–Crippen LogP) is 4.11. The van der Waals surface area contributed by atoms with Crippen molar-refractivity contribution in [3.8, 4) is 0 Å². The van der Waals surface area contributed by atoms with Gasteiger partial charge in [-0.1, -0.05) is 0 Å². The van der Waals surface area contributed by atoms with E-state index in [2.05, 4.69) is 17.6 Å². The SMILES string of the molecule is Cc1cc(C(=O)NC(=S)NC(C)C23CC4CC(CC(C4)C2)C3)ccc1[N+](=O)[O-]. The van der Waals surface area contributed by atoms with E-state index in [9.17, 15) is 14.9 Å². The van der Waals surface area contributed by atoms with Crippen LogP contribution in [0, 0.1) is 40.2 Å². The molecule has 1 atom stereocenters. The van der Waals surface area contributed by atoms with E-state index in [-0.39, 0.29) is 17.6 Å². The number of nitro groups is 1. The van der Waals surface area contributed by atoms with Crippen LogP contribution in [-0.4, -0.2) is 22.0 Å². The molecule has 7 heteroatoms. The van der Waals surface area contributed by atoms with Crippen molar-refractivity contribution in [1.82, 2.24) is 10.6 Å². The molecule has 1 aromatic carbocycles. The van der Waals surface area contributed by atoms with Crippen LogP contribution in [0.25, 0.3) is 0 Å². The third-order valence-electron chi connectivity index (χ3n) is 7.23.